The van der Waals surface area contributed by atoms with Gasteiger partial charge in [0.25, 0.3) is 0 Å². The molecule has 0 aliphatic carbocycles. The highest BCUT2D eigenvalue weighted by Gasteiger charge is 2.33. The zero-order valence-corrected chi connectivity index (χ0v) is 37.2. The lowest BCUT2D eigenvalue weighted by molar-refractivity contribution is 0.483. The monoisotopic (exact) mass is 841 g/mol. The van der Waals surface area contributed by atoms with E-state index in [1.807, 2.05) is 6.07 Å². The Morgan fingerprint density at radius 1 is 0.462 bits per heavy atom. The fourth-order valence-electron chi connectivity index (χ4n) is 10.0. The number of hydrogen-bond donors (Lipinski definition) is 0. The van der Waals surface area contributed by atoms with Crippen molar-refractivity contribution >= 4 is 44.7 Å². The minimum Gasteiger partial charge on any atom is -0.457 e. The second kappa shape index (κ2) is 14.8. The lowest BCUT2D eigenvalue weighted by atomic mass is 9.85. The Labute approximate surface area is 379 Å². The fourth-order valence-corrected chi connectivity index (χ4v) is 10.0. The molecule has 6 nitrogen and oxygen atoms in total. The molecule has 2 aliphatic heterocycles. The second-order valence-corrected chi connectivity index (χ2v) is 18.5. The van der Waals surface area contributed by atoms with Crippen LogP contribution in [0.1, 0.15) is 37.5 Å². The third-order valence-corrected chi connectivity index (χ3v) is 13.0. The molecule has 5 heterocycles. The van der Waals surface area contributed by atoms with Gasteiger partial charge >= 0.3 is 0 Å². The first kappa shape index (κ1) is 38.7. The van der Waals surface area contributed by atoms with Crippen LogP contribution in [-0.2, 0) is 5.41 Å². The quantitative estimate of drug-likeness (QED) is 0.173. The third kappa shape index (κ3) is 6.55. The van der Waals surface area contributed by atoms with E-state index in [1.165, 1.54) is 22.3 Å². The van der Waals surface area contributed by atoms with Gasteiger partial charge < -0.3 is 14.5 Å². The van der Waals surface area contributed by atoms with Crippen LogP contribution in [0, 0.1) is 13.8 Å². The Bertz CT molecular complexity index is 3510. The van der Waals surface area contributed by atoms with Crippen molar-refractivity contribution in [3.8, 4) is 62.1 Å². The predicted octanol–water partition coefficient (Wildman–Crippen LogP) is 15.5. The van der Waals surface area contributed by atoms with Gasteiger partial charge in [-0.1, -0.05) is 153 Å². The van der Waals surface area contributed by atoms with E-state index < -0.39 is 0 Å². The summed E-state index contributed by atoms with van der Waals surface area (Å²) < 4.78 is 9.31. The number of ether oxygens (including phenoxy) is 1. The fraction of sp³-hybridized carbons (Fsp3) is 0.119. The van der Waals surface area contributed by atoms with Crippen LogP contribution in [-0.4, -0.2) is 21.2 Å². The highest BCUT2D eigenvalue weighted by Crippen LogP contribution is 2.52. The van der Waals surface area contributed by atoms with E-state index in [4.69, 9.17) is 14.7 Å². The second-order valence-electron chi connectivity index (χ2n) is 18.5. The molecular weight excluding hydrogens is 795 g/mol. The summed E-state index contributed by atoms with van der Waals surface area (Å²) in [4.78, 5) is 15.9. The molecule has 0 N–H and O–H groups in total. The molecular formula is C59H47N5O. The molecule has 10 aromatic rings. The molecule has 3 aromatic heterocycles. The van der Waals surface area contributed by atoms with E-state index in [2.05, 4.69) is 225 Å². The number of hydrogen-bond acceptors (Lipinski definition) is 5. The van der Waals surface area contributed by atoms with Crippen LogP contribution in [0.2, 0.25) is 0 Å². The molecule has 0 unspecified atom stereocenters. The van der Waals surface area contributed by atoms with Gasteiger partial charge in [0.2, 0.25) is 0 Å². The number of benzene rings is 7. The first-order chi connectivity index (χ1) is 31.6. The summed E-state index contributed by atoms with van der Waals surface area (Å²) in [5, 5.41) is 2.29. The van der Waals surface area contributed by atoms with Crippen molar-refractivity contribution in [2.24, 2.45) is 0 Å². The van der Waals surface area contributed by atoms with Gasteiger partial charge in [-0.3, -0.25) is 4.57 Å². The van der Waals surface area contributed by atoms with Gasteiger partial charge in [0.05, 0.1) is 39.5 Å². The van der Waals surface area contributed by atoms with Crippen LogP contribution in [0.3, 0.4) is 0 Å². The number of fused-ring (bicyclic) bond motifs is 20. The highest BCUT2D eigenvalue weighted by molar-refractivity contribution is 6.09. The molecule has 0 radical (unpaired) electrons. The topological polar surface area (TPSA) is 46.4 Å². The minimum absolute atomic E-state index is 0.169. The van der Waals surface area contributed by atoms with E-state index in [-0.39, 0.29) is 5.41 Å². The molecule has 12 rings (SSSR count). The SMILES string of the molecule is Cc1cc(C)cc(-c2cccc3c2N2CN(c4cc(cc(-c5ccccc5)n4)Oc4ccc5c6ccccc6n(c5c4)-c4cc(C(C)(C)C)cc(n4)-c4ccccc4-3)c3ccccc32)c1. The van der Waals surface area contributed by atoms with Crippen molar-refractivity contribution in [3.05, 3.63) is 199 Å². The van der Waals surface area contributed by atoms with E-state index in [1.54, 1.807) is 0 Å². The minimum atomic E-state index is -0.169. The number of anilines is 4. The Hall–Kier alpha value is -7.96. The zero-order valence-electron chi connectivity index (χ0n) is 37.2. The standard InChI is InChI=1S/C59H47N5O/c1-37-28-38(2)30-40(29-37)44-21-15-22-49-45-18-9-10-19-46(45)51-31-41(59(3,4)5)32-57(61-51)64-52-23-12-11-20-47(52)48-27-26-42(34-55(48)64)65-43-33-50(39-16-7-6-8-17-39)60-56(35-43)62-36-63(58(44)49)54-25-14-13-24-53(54)62/h6-35H,36H2,1-5H3. The van der Waals surface area contributed by atoms with Crippen molar-refractivity contribution < 1.29 is 4.74 Å². The Morgan fingerprint density at radius 3 is 1.92 bits per heavy atom. The summed E-state index contributed by atoms with van der Waals surface area (Å²) in [7, 11) is 0. The molecule has 0 saturated heterocycles. The van der Waals surface area contributed by atoms with Gasteiger partial charge in [-0.05, 0) is 78.4 Å². The summed E-state index contributed by atoms with van der Waals surface area (Å²) in [6.07, 6.45) is 0. The largest absolute Gasteiger partial charge is 0.457 e. The third-order valence-electron chi connectivity index (χ3n) is 13.0. The number of para-hydroxylation sites is 4. The summed E-state index contributed by atoms with van der Waals surface area (Å²) in [6.45, 7) is 11.7. The first-order valence-corrected chi connectivity index (χ1v) is 22.4. The summed E-state index contributed by atoms with van der Waals surface area (Å²) >= 11 is 0. The molecule has 0 amide bonds. The van der Waals surface area contributed by atoms with Gasteiger partial charge in [-0.15, -0.1) is 0 Å². The Morgan fingerprint density at radius 2 is 1.12 bits per heavy atom. The van der Waals surface area contributed by atoms with Crippen LogP contribution in [0.15, 0.2) is 182 Å². The van der Waals surface area contributed by atoms with E-state index in [0.717, 1.165) is 95.5 Å². The summed E-state index contributed by atoms with van der Waals surface area (Å²) in [5.74, 6) is 3.09. The number of rotatable bonds is 2. The number of nitrogens with zero attached hydrogens (tertiary/aromatic N) is 5. The average molecular weight is 842 g/mol. The Kier molecular flexibility index (Phi) is 8.82. The highest BCUT2D eigenvalue weighted by atomic mass is 16.5. The molecule has 314 valence electrons. The van der Waals surface area contributed by atoms with Crippen LogP contribution in [0.4, 0.5) is 22.9 Å². The van der Waals surface area contributed by atoms with E-state index in [9.17, 15) is 0 Å². The van der Waals surface area contributed by atoms with E-state index >= 15 is 0 Å². The molecule has 0 spiro atoms. The van der Waals surface area contributed by atoms with Gasteiger partial charge in [-0.25, -0.2) is 9.97 Å². The molecule has 7 aromatic carbocycles. The molecule has 6 heteroatoms. The van der Waals surface area contributed by atoms with Gasteiger partial charge in [-0.2, -0.15) is 0 Å². The molecule has 0 atom stereocenters. The van der Waals surface area contributed by atoms with Gasteiger partial charge in [0, 0.05) is 51.2 Å². The van der Waals surface area contributed by atoms with Crippen molar-refractivity contribution in [1.82, 2.24) is 14.5 Å². The summed E-state index contributed by atoms with van der Waals surface area (Å²) in [5.41, 5.74) is 17.3. The maximum atomic E-state index is 7.00. The maximum absolute atomic E-state index is 7.00. The molecule has 0 saturated carbocycles. The zero-order chi connectivity index (χ0) is 44.0. The average Bonchev–Trinajstić information content (AvgIpc) is 3.86. The smallest absolute Gasteiger partial charge is 0.138 e. The van der Waals surface area contributed by atoms with Crippen LogP contribution < -0.4 is 14.5 Å². The van der Waals surface area contributed by atoms with Gasteiger partial charge in [0.15, 0.2) is 0 Å². The molecule has 2 aliphatic rings. The normalized spacial score (nSPS) is 13.0. The van der Waals surface area contributed by atoms with Crippen molar-refractivity contribution in [2.45, 2.75) is 40.0 Å². The van der Waals surface area contributed by atoms with Gasteiger partial charge in [0.1, 0.15) is 29.8 Å². The van der Waals surface area contributed by atoms with E-state index in [0.29, 0.717) is 12.4 Å². The number of pyridine rings is 2. The maximum Gasteiger partial charge on any atom is 0.138 e. The Balaban J connectivity index is 1.21. The molecule has 0 fully saturated rings. The van der Waals surface area contributed by atoms with Crippen molar-refractivity contribution in [3.63, 3.8) is 0 Å². The van der Waals surface area contributed by atoms with Crippen LogP contribution >= 0.6 is 0 Å². The molecule has 65 heavy (non-hydrogen) atoms. The first-order valence-electron chi connectivity index (χ1n) is 22.4. The van der Waals surface area contributed by atoms with Crippen molar-refractivity contribution in [2.75, 3.05) is 16.5 Å². The van der Waals surface area contributed by atoms with Crippen LogP contribution in [0.5, 0.6) is 11.5 Å². The van der Waals surface area contributed by atoms with Crippen molar-refractivity contribution in [1.29, 1.82) is 0 Å². The predicted molar refractivity (Wildman–Crippen MR) is 268 cm³/mol. The number of aryl methyl sites for hydroxylation is 2. The molecule has 8 bridgehead atoms. The lowest BCUT2D eigenvalue weighted by Gasteiger charge is -2.28. The van der Waals surface area contributed by atoms with Crippen LogP contribution in [0.25, 0.3) is 72.4 Å². The number of aromatic nitrogens is 3. The summed E-state index contributed by atoms with van der Waals surface area (Å²) in [6, 6.07) is 65.3. The lowest BCUT2D eigenvalue weighted by Crippen LogP contribution is -2.25.